The van der Waals surface area contributed by atoms with Gasteiger partial charge in [0.15, 0.2) is 0 Å². The van der Waals surface area contributed by atoms with Crippen LogP contribution in [0, 0.1) is 0 Å². The highest BCUT2D eigenvalue weighted by Gasteiger charge is 2.05. The van der Waals surface area contributed by atoms with Crippen LogP contribution in [0.2, 0.25) is 0 Å². The van der Waals surface area contributed by atoms with Gasteiger partial charge in [0.1, 0.15) is 0 Å². The minimum absolute atomic E-state index is 0.0739. The summed E-state index contributed by atoms with van der Waals surface area (Å²) in [6.07, 6.45) is 7.97. The van der Waals surface area contributed by atoms with Crippen molar-refractivity contribution in [1.82, 2.24) is 9.88 Å². The van der Waals surface area contributed by atoms with Crippen LogP contribution in [-0.2, 0) is 16.1 Å². The van der Waals surface area contributed by atoms with Crippen LogP contribution in [0.1, 0.15) is 58.1 Å². The summed E-state index contributed by atoms with van der Waals surface area (Å²) < 4.78 is 7.14. The van der Waals surface area contributed by atoms with Crippen LogP contribution in [0.25, 0.3) is 0 Å². The molecule has 0 bridgehead atoms. The number of hydrogen-bond acceptors (Lipinski definition) is 3. The fraction of sp³-hybridized carbons (Fsp3) is 0.688. The van der Waals surface area contributed by atoms with E-state index in [9.17, 15) is 4.79 Å². The largest absolute Gasteiger partial charge is 0.466 e. The molecule has 4 heteroatoms. The van der Waals surface area contributed by atoms with Crippen LogP contribution < -0.4 is 5.32 Å². The molecule has 0 fully saturated rings. The first-order valence-electron chi connectivity index (χ1n) is 7.72. The Morgan fingerprint density at radius 2 is 2.15 bits per heavy atom. The van der Waals surface area contributed by atoms with Crippen LogP contribution in [0.5, 0.6) is 0 Å². The lowest BCUT2D eigenvalue weighted by Crippen LogP contribution is -2.17. The van der Waals surface area contributed by atoms with Gasteiger partial charge < -0.3 is 14.6 Å². The molecule has 0 aliphatic heterocycles. The first-order valence-corrected chi connectivity index (χ1v) is 7.72. The molecule has 4 nitrogen and oxygen atoms in total. The van der Waals surface area contributed by atoms with Gasteiger partial charge in [-0.3, -0.25) is 4.79 Å². The van der Waals surface area contributed by atoms with E-state index in [-0.39, 0.29) is 5.97 Å². The maximum Gasteiger partial charge on any atom is 0.305 e. The molecule has 0 saturated carbocycles. The number of hydrogen-bond donors (Lipinski definition) is 1. The van der Waals surface area contributed by atoms with Crippen molar-refractivity contribution < 1.29 is 9.53 Å². The van der Waals surface area contributed by atoms with Crippen molar-refractivity contribution in [1.29, 1.82) is 0 Å². The fourth-order valence-corrected chi connectivity index (χ4v) is 2.25. The van der Waals surface area contributed by atoms with E-state index < -0.39 is 0 Å². The average molecular weight is 280 g/mol. The second-order valence-electron chi connectivity index (χ2n) is 5.08. The van der Waals surface area contributed by atoms with Gasteiger partial charge in [0.2, 0.25) is 0 Å². The van der Waals surface area contributed by atoms with Crippen LogP contribution in [0.4, 0.5) is 0 Å². The smallest absolute Gasteiger partial charge is 0.305 e. The summed E-state index contributed by atoms with van der Waals surface area (Å²) in [6, 6.07) is 2.58. The lowest BCUT2D eigenvalue weighted by Gasteiger charge is -2.09. The van der Waals surface area contributed by atoms with Crippen LogP contribution >= 0.6 is 0 Å². The summed E-state index contributed by atoms with van der Waals surface area (Å²) in [5, 5.41) is 3.41. The second kappa shape index (κ2) is 9.59. The lowest BCUT2D eigenvalue weighted by molar-refractivity contribution is -0.143. The third-order valence-electron chi connectivity index (χ3n) is 3.39. The Bertz CT molecular complexity index is 388. The molecular formula is C16H28N2O2. The summed E-state index contributed by atoms with van der Waals surface area (Å²) in [6.45, 7) is 8.63. The van der Waals surface area contributed by atoms with Gasteiger partial charge in [-0.2, -0.15) is 0 Å². The molecule has 20 heavy (non-hydrogen) atoms. The molecule has 1 aromatic heterocycles. The van der Waals surface area contributed by atoms with Gasteiger partial charge in [-0.1, -0.05) is 13.3 Å². The van der Waals surface area contributed by atoms with E-state index in [2.05, 4.69) is 42.2 Å². The van der Waals surface area contributed by atoms with Gasteiger partial charge in [0, 0.05) is 31.4 Å². The minimum atomic E-state index is -0.0739. The Balaban J connectivity index is 2.18. The molecule has 1 rings (SSSR count). The maximum absolute atomic E-state index is 11.2. The number of rotatable bonds is 10. The van der Waals surface area contributed by atoms with Crippen molar-refractivity contribution in [3.63, 3.8) is 0 Å². The highest BCUT2D eigenvalue weighted by molar-refractivity contribution is 5.69. The normalized spacial score (nSPS) is 12.3. The molecule has 1 atom stereocenters. The number of nitrogens with zero attached hydrogens (tertiary/aromatic N) is 1. The predicted molar refractivity (Wildman–Crippen MR) is 81.6 cm³/mol. The zero-order valence-corrected chi connectivity index (χ0v) is 13.0. The van der Waals surface area contributed by atoms with Gasteiger partial charge in [-0.05, 0) is 44.9 Å². The molecule has 114 valence electrons. The molecular weight excluding hydrogens is 252 g/mol. The Morgan fingerprint density at radius 1 is 1.35 bits per heavy atom. The molecule has 1 heterocycles. The van der Waals surface area contributed by atoms with E-state index in [1.807, 2.05) is 6.92 Å². The maximum atomic E-state index is 11.2. The zero-order chi connectivity index (χ0) is 14.8. The van der Waals surface area contributed by atoms with Crippen molar-refractivity contribution >= 4 is 5.97 Å². The highest BCUT2D eigenvalue weighted by Crippen LogP contribution is 2.13. The van der Waals surface area contributed by atoms with Crippen LogP contribution in [0.15, 0.2) is 18.5 Å². The number of aromatic nitrogens is 1. The Kier molecular flexibility index (Phi) is 8.04. The summed E-state index contributed by atoms with van der Waals surface area (Å²) >= 11 is 0. The molecule has 0 amide bonds. The molecule has 0 spiro atoms. The zero-order valence-electron chi connectivity index (χ0n) is 13.0. The molecule has 0 aliphatic carbocycles. The van der Waals surface area contributed by atoms with Gasteiger partial charge in [-0.25, -0.2) is 0 Å². The minimum Gasteiger partial charge on any atom is -0.466 e. The highest BCUT2D eigenvalue weighted by atomic mass is 16.5. The fourth-order valence-electron chi connectivity index (χ4n) is 2.25. The van der Waals surface area contributed by atoms with Crippen molar-refractivity contribution in [2.24, 2.45) is 0 Å². The Hall–Kier alpha value is -1.29. The molecule has 0 aromatic carbocycles. The third-order valence-corrected chi connectivity index (χ3v) is 3.39. The molecule has 1 unspecified atom stereocenters. The SMILES string of the molecule is CCNC(C)c1ccn(CCCCCC(=O)OCC)c1. The molecule has 1 N–H and O–H groups in total. The first-order chi connectivity index (χ1) is 9.67. The molecule has 0 radical (unpaired) electrons. The summed E-state index contributed by atoms with van der Waals surface area (Å²) in [4.78, 5) is 11.2. The number of aryl methyl sites for hydroxylation is 1. The number of carbonyl (C=O) groups is 1. The average Bonchev–Trinajstić information content (AvgIpc) is 2.88. The van der Waals surface area contributed by atoms with E-state index in [1.165, 1.54) is 5.56 Å². The second-order valence-corrected chi connectivity index (χ2v) is 5.08. The Morgan fingerprint density at radius 3 is 2.85 bits per heavy atom. The number of nitrogens with one attached hydrogen (secondary N) is 1. The summed E-state index contributed by atoms with van der Waals surface area (Å²) in [7, 11) is 0. The van der Waals surface area contributed by atoms with Crippen molar-refractivity contribution in [2.45, 2.75) is 59.0 Å². The van der Waals surface area contributed by atoms with Gasteiger partial charge in [0.25, 0.3) is 0 Å². The quantitative estimate of drug-likeness (QED) is 0.528. The van der Waals surface area contributed by atoms with Crippen molar-refractivity contribution in [2.75, 3.05) is 13.2 Å². The number of carbonyl (C=O) groups excluding carboxylic acids is 1. The van der Waals surface area contributed by atoms with Gasteiger partial charge >= 0.3 is 5.97 Å². The van der Waals surface area contributed by atoms with E-state index >= 15 is 0 Å². The molecule has 1 aromatic rings. The van der Waals surface area contributed by atoms with Gasteiger partial charge in [-0.15, -0.1) is 0 Å². The molecule has 0 aliphatic rings. The summed E-state index contributed by atoms with van der Waals surface area (Å²) in [5.74, 6) is -0.0739. The number of ether oxygens (including phenoxy) is 1. The van der Waals surface area contributed by atoms with E-state index in [0.717, 1.165) is 32.4 Å². The topological polar surface area (TPSA) is 43.3 Å². The molecule has 0 saturated heterocycles. The van der Waals surface area contributed by atoms with E-state index in [1.54, 1.807) is 0 Å². The monoisotopic (exact) mass is 280 g/mol. The third kappa shape index (κ3) is 6.24. The lowest BCUT2D eigenvalue weighted by atomic mass is 10.2. The van der Waals surface area contributed by atoms with Crippen molar-refractivity contribution in [3.8, 4) is 0 Å². The van der Waals surface area contributed by atoms with Crippen LogP contribution in [-0.4, -0.2) is 23.7 Å². The summed E-state index contributed by atoms with van der Waals surface area (Å²) in [5.41, 5.74) is 1.33. The Labute approximate surface area is 122 Å². The number of esters is 1. The van der Waals surface area contributed by atoms with E-state index in [4.69, 9.17) is 4.74 Å². The first kappa shape index (κ1) is 16.8. The van der Waals surface area contributed by atoms with Gasteiger partial charge in [0.05, 0.1) is 6.61 Å². The van der Waals surface area contributed by atoms with E-state index in [0.29, 0.717) is 19.1 Å². The standard InChI is InChI=1S/C16H28N2O2/c1-4-17-14(3)15-10-12-18(13-15)11-8-6-7-9-16(19)20-5-2/h10,12-14,17H,4-9,11H2,1-3H3. The van der Waals surface area contributed by atoms with Crippen molar-refractivity contribution in [3.05, 3.63) is 24.0 Å². The number of unbranched alkanes of at least 4 members (excludes halogenated alkanes) is 2. The predicted octanol–water partition coefficient (Wildman–Crippen LogP) is 3.28. The van der Waals surface area contributed by atoms with Crippen LogP contribution in [0.3, 0.4) is 0 Å².